The van der Waals surface area contributed by atoms with Gasteiger partial charge in [-0.15, -0.1) is 10.2 Å². The fourth-order valence-electron chi connectivity index (χ4n) is 3.40. The van der Waals surface area contributed by atoms with Gasteiger partial charge in [0.15, 0.2) is 11.0 Å². The third kappa shape index (κ3) is 4.53. The first kappa shape index (κ1) is 20.7. The van der Waals surface area contributed by atoms with E-state index in [2.05, 4.69) is 30.7 Å². The standard InChI is InChI=1S/C24H19N7OS/c32-22(28-27-15-18-14-26-21-9-5-4-8-20(18)21)16-33-24-30-29-23(17-10-12-25-13-11-17)31(24)19-6-2-1-3-7-19/h1-15,26H,16H2,(H,28,32)/b27-15+. The van der Waals surface area contributed by atoms with E-state index in [0.29, 0.717) is 11.0 Å². The fraction of sp³-hybridized carbons (Fsp3) is 0.0417. The number of hydrogen-bond acceptors (Lipinski definition) is 6. The van der Waals surface area contributed by atoms with Crippen LogP contribution >= 0.6 is 11.8 Å². The predicted octanol–water partition coefficient (Wildman–Crippen LogP) is 4.05. The number of nitrogens with zero attached hydrogens (tertiary/aromatic N) is 5. The molecule has 2 aromatic carbocycles. The zero-order valence-corrected chi connectivity index (χ0v) is 18.2. The summed E-state index contributed by atoms with van der Waals surface area (Å²) in [5.41, 5.74) is 6.31. The van der Waals surface area contributed by atoms with Crippen LogP contribution in [0.3, 0.4) is 0 Å². The topological polar surface area (TPSA) is 101 Å². The van der Waals surface area contributed by atoms with Crippen molar-refractivity contribution in [2.24, 2.45) is 5.10 Å². The highest BCUT2D eigenvalue weighted by molar-refractivity contribution is 7.99. The molecule has 33 heavy (non-hydrogen) atoms. The van der Waals surface area contributed by atoms with Gasteiger partial charge in [-0.1, -0.05) is 48.2 Å². The van der Waals surface area contributed by atoms with Gasteiger partial charge in [-0.05, 0) is 30.3 Å². The Hall–Kier alpha value is -4.24. The van der Waals surface area contributed by atoms with Crippen LogP contribution in [0.5, 0.6) is 0 Å². The number of amides is 1. The van der Waals surface area contributed by atoms with Crippen LogP contribution in [0, 0.1) is 0 Å². The molecule has 0 radical (unpaired) electrons. The molecule has 162 valence electrons. The third-order valence-corrected chi connectivity index (χ3v) is 5.86. The Morgan fingerprint density at radius 1 is 1.03 bits per heavy atom. The smallest absolute Gasteiger partial charge is 0.250 e. The van der Waals surface area contributed by atoms with Crippen LogP contribution in [0.25, 0.3) is 28.0 Å². The lowest BCUT2D eigenvalue weighted by molar-refractivity contribution is -0.118. The largest absolute Gasteiger partial charge is 0.361 e. The van der Waals surface area contributed by atoms with Crippen molar-refractivity contribution in [3.8, 4) is 17.1 Å². The zero-order chi connectivity index (χ0) is 22.5. The second-order valence-corrected chi connectivity index (χ2v) is 8.03. The molecular weight excluding hydrogens is 434 g/mol. The maximum atomic E-state index is 12.4. The molecule has 0 atom stereocenters. The van der Waals surface area contributed by atoms with Crippen molar-refractivity contribution in [1.29, 1.82) is 0 Å². The van der Waals surface area contributed by atoms with E-state index in [1.54, 1.807) is 18.6 Å². The van der Waals surface area contributed by atoms with E-state index in [0.717, 1.165) is 27.7 Å². The molecule has 5 aromatic rings. The average molecular weight is 454 g/mol. The molecule has 0 saturated carbocycles. The van der Waals surface area contributed by atoms with Crippen molar-refractivity contribution in [1.82, 2.24) is 30.2 Å². The monoisotopic (exact) mass is 453 g/mol. The summed E-state index contributed by atoms with van der Waals surface area (Å²) in [5, 5.41) is 14.5. The SMILES string of the molecule is O=C(CSc1nnc(-c2ccncc2)n1-c1ccccc1)N/N=C/c1c[nH]c2ccccc12. The molecule has 0 aliphatic carbocycles. The summed E-state index contributed by atoms with van der Waals surface area (Å²) >= 11 is 1.30. The normalized spacial score (nSPS) is 11.3. The van der Waals surface area contributed by atoms with Gasteiger partial charge in [0.1, 0.15) is 0 Å². The summed E-state index contributed by atoms with van der Waals surface area (Å²) in [5.74, 6) is 0.597. The minimum absolute atomic E-state index is 0.145. The number of aromatic amines is 1. The number of aromatic nitrogens is 5. The lowest BCUT2D eigenvalue weighted by atomic mass is 10.2. The Morgan fingerprint density at radius 2 is 1.82 bits per heavy atom. The Balaban J connectivity index is 1.30. The third-order valence-electron chi connectivity index (χ3n) is 4.93. The molecule has 3 heterocycles. The quantitative estimate of drug-likeness (QED) is 0.220. The summed E-state index contributed by atoms with van der Waals surface area (Å²) in [7, 11) is 0. The molecule has 0 spiro atoms. The molecule has 5 rings (SSSR count). The Kier molecular flexibility index (Phi) is 5.94. The van der Waals surface area contributed by atoms with Crippen molar-refractivity contribution < 1.29 is 4.79 Å². The van der Waals surface area contributed by atoms with Gasteiger partial charge in [-0.25, -0.2) is 5.43 Å². The van der Waals surface area contributed by atoms with Gasteiger partial charge >= 0.3 is 0 Å². The van der Waals surface area contributed by atoms with Gasteiger partial charge in [0.25, 0.3) is 5.91 Å². The number of fused-ring (bicyclic) bond motifs is 1. The van der Waals surface area contributed by atoms with Crippen molar-refractivity contribution in [3.63, 3.8) is 0 Å². The number of hydrazone groups is 1. The van der Waals surface area contributed by atoms with Gasteiger partial charge in [-0.3, -0.25) is 14.3 Å². The number of benzene rings is 2. The molecule has 2 N–H and O–H groups in total. The first-order chi connectivity index (χ1) is 16.3. The van der Waals surface area contributed by atoms with E-state index in [-0.39, 0.29) is 11.7 Å². The van der Waals surface area contributed by atoms with Gasteiger partial charge < -0.3 is 4.98 Å². The van der Waals surface area contributed by atoms with Crippen LogP contribution < -0.4 is 5.43 Å². The fourth-order valence-corrected chi connectivity index (χ4v) is 4.14. The summed E-state index contributed by atoms with van der Waals surface area (Å²) in [4.78, 5) is 19.7. The number of H-pyrrole nitrogens is 1. The van der Waals surface area contributed by atoms with E-state index in [4.69, 9.17) is 0 Å². The lowest BCUT2D eigenvalue weighted by Gasteiger charge is -2.10. The highest BCUT2D eigenvalue weighted by Gasteiger charge is 2.17. The highest BCUT2D eigenvalue weighted by atomic mass is 32.2. The highest BCUT2D eigenvalue weighted by Crippen LogP contribution is 2.27. The predicted molar refractivity (Wildman–Crippen MR) is 129 cm³/mol. The molecule has 9 heteroatoms. The number of pyridine rings is 1. The van der Waals surface area contributed by atoms with Crippen LogP contribution in [0.2, 0.25) is 0 Å². The maximum Gasteiger partial charge on any atom is 0.250 e. The number of nitrogens with one attached hydrogen (secondary N) is 2. The summed E-state index contributed by atoms with van der Waals surface area (Å²) < 4.78 is 1.93. The molecule has 8 nitrogen and oxygen atoms in total. The number of rotatable bonds is 7. The number of carbonyl (C=O) groups excluding carboxylic acids is 1. The van der Waals surface area contributed by atoms with Crippen molar-refractivity contribution in [3.05, 3.63) is 90.9 Å². The Labute approximate surface area is 193 Å². The minimum Gasteiger partial charge on any atom is -0.361 e. The second-order valence-electron chi connectivity index (χ2n) is 7.08. The summed E-state index contributed by atoms with van der Waals surface area (Å²) in [6.07, 6.45) is 6.92. The van der Waals surface area contributed by atoms with E-state index in [9.17, 15) is 4.79 Å². The maximum absolute atomic E-state index is 12.4. The van der Waals surface area contributed by atoms with Crippen LogP contribution in [0.1, 0.15) is 5.56 Å². The molecule has 0 aliphatic heterocycles. The van der Waals surface area contributed by atoms with Crippen molar-refractivity contribution in [2.45, 2.75) is 5.16 Å². The van der Waals surface area contributed by atoms with Crippen LogP contribution in [0.15, 0.2) is 95.6 Å². The van der Waals surface area contributed by atoms with Gasteiger partial charge in [0, 0.05) is 46.3 Å². The van der Waals surface area contributed by atoms with Gasteiger partial charge in [0.2, 0.25) is 0 Å². The number of thioether (sulfide) groups is 1. The van der Waals surface area contributed by atoms with E-state index < -0.39 is 0 Å². The van der Waals surface area contributed by atoms with E-state index in [1.807, 2.05) is 77.5 Å². The molecule has 3 aromatic heterocycles. The number of para-hydroxylation sites is 2. The Bertz CT molecular complexity index is 1410. The first-order valence-corrected chi connectivity index (χ1v) is 11.2. The van der Waals surface area contributed by atoms with Gasteiger partial charge in [0.05, 0.1) is 12.0 Å². The van der Waals surface area contributed by atoms with E-state index in [1.165, 1.54) is 11.8 Å². The average Bonchev–Trinajstić information content (AvgIpc) is 3.48. The summed E-state index contributed by atoms with van der Waals surface area (Å²) in [6, 6.07) is 21.5. The molecule has 1 amide bonds. The van der Waals surface area contributed by atoms with E-state index >= 15 is 0 Å². The lowest BCUT2D eigenvalue weighted by Crippen LogP contribution is -2.20. The van der Waals surface area contributed by atoms with Gasteiger partial charge in [-0.2, -0.15) is 5.10 Å². The van der Waals surface area contributed by atoms with Crippen molar-refractivity contribution in [2.75, 3.05) is 5.75 Å². The van der Waals surface area contributed by atoms with Crippen LogP contribution in [-0.2, 0) is 4.79 Å². The molecule has 0 unspecified atom stereocenters. The molecule has 0 fully saturated rings. The van der Waals surface area contributed by atoms with Crippen molar-refractivity contribution >= 4 is 34.8 Å². The molecule has 0 bridgehead atoms. The zero-order valence-electron chi connectivity index (χ0n) is 17.4. The molecule has 0 saturated heterocycles. The Morgan fingerprint density at radius 3 is 2.67 bits per heavy atom. The molecule has 0 aliphatic rings. The van der Waals surface area contributed by atoms with Crippen LogP contribution in [-0.4, -0.2) is 42.6 Å². The molecular formula is C24H19N7OS. The number of hydrogen-bond donors (Lipinski definition) is 2. The first-order valence-electron chi connectivity index (χ1n) is 10.2. The minimum atomic E-state index is -0.232. The van der Waals surface area contributed by atoms with Crippen LogP contribution in [0.4, 0.5) is 0 Å². The number of carbonyl (C=O) groups is 1. The second kappa shape index (κ2) is 9.49. The summed E-state index contributed by atoms with van der Waals surface area (Å²) in [6.45, 7) is 0.